The summed E-state index contributed by atoms with van der Waals surface area (Å²) < 4.78 is 1.93. The Kier molecular flexibility index (Phi) is 5.26. The number of carbonyl (C=O) groups excluding carboxylic acids is 1. The van der Waals surface area contributed by atoms with Gasteiger partial charge in [0.05, 0.1) is 24.0 Å². The lowest BCUT2D eigenvalue weighted by Crippen LogP contribution is -2.30. The minimum Gasteiger partial charge on any atom is -0.387 e. The highest BCUT2D eigenvalue weighted by Gasteiger charge is 2.23. The fourth-order valence-electron chi connectivity index (χ4n) is 3.65. The summed E-state index contributed by atoms with van der Waals surface area (Å²) in [4.78, 5) is 14.9. The van der Waals surface area contributed by atoms with Crippen LogP contribution in [0.25, 0.3) is 11.1 Å². The van der Waals surface area contributed by atoms with E-state index >= 15 is 0 Å². The maximum absolute atomic E-state index is 13.1. The lowest BCUT2D eigenvalue weighted by atomic mass is 10.0. The Hall–Kier alpha value is -2.92. The molecule has 5 heteroatoms. The average molecular weight is 375 g/mol. The van der Waals surface area contributed by atoms with Crippen molar-refractivity contribution in [3.05, 3.63) is 77.6 Å². The Bertz CT molecular complexity index is 948. The van der Waals surface area contributed by atoms with Gasteiger partial charge in [-0.05, 0) is 42.2 Å². The highest BCUT2D eigenvalue weighted by molar-refractivity contribution is 5.94. The Labute approximate surface area is 165 Å². The fraction of sp³-hybridized carbons (Fsp3) is 0.304. The molecule has 1 atom stereocenters. The number of benzene rings is 2. The number of aliphatic hydroxyl groups excluding tert-OH is 1. The van der Waals surface area contributed by atoms with Gasteiger partial charge in [-0.2, -0.15) is 5.10 Å². The quantitative estimate of drug-likeness (QED) is 0.749. The van der Waals surface area contributed by atoms with E-state index in [2.05, 4.69) is 17.2 Å². The highest BCUT2D eigenvalue weighted by Crippen LogP contribution is 2.23. The van der Waals surface area contributed by atoms with Gasteiger partial charge in [0.2, 0.25) is 0 Å². The molecule has 1 aromatic heterocycles. The van der Waals surface area contributed by atoms with Gasteiger partial charge in [-0.15, -0.1) is 0 Å². The molecule has 1 aliphatic heterocycles. The number of rotatable bonds is 4. The van der Waals surface area contributed by atoms with Gasteiger partial charge in [0.1, 0.15) is 0 Å². The van der Waals surface area contributed by atoms with E-state index in [1.54, 1.807) is 0 Å². The molecule has 0 fully saturated rings. The summed E-state index contributed by atoms with van der Waals surface area (Å²) in [6.45, 7) is 3.92. The third-order valence-electron chi connectivity index (χ3n) is 5.29. The van der Waals surface area contributed by atoms with E-state index in [9.17, 15) is 9.90 Å². The topological polar surface area (TPSA) is 58.4 Å². The Balaban J connectivity index is 1.52. The van der Waals surface area contributed by atoms with Crippen LogP contribution in [0.5, 0.6) is 0 Å². The second kappa shape index (κ2) is 7.98. The Morgan fingerprint density at radius 1 is 1.07 bits per heavy atom. The van der Waals surface area contributed by atoms with E-state index in [4.69, 9.17) is 0 Å². The number of nitrogens with zero attached hydrogens (tertiary/aromatic N) is 3. The van der Waals surface area contributed by atoms with Gasteiger partial charge in [0, 0.05) is 18.7 Å². The van der Waals surface area contributed by atoms with E-state index < -0.39 is 6.10 Å². The average Bonchev–Trinajstić information content (AvgIpc) is 3.05. The van der Waals surface area contributed by atoms with E-state index in [0.29, 0.717) is 30.8 Å². The number of hydrogen-bond donors (Lipinski definition) is 1. The molecule has 3 aromatic rings. The summed E-state index contributed by atoms with van der Waals surface area (Å²) in [6, 6.07) is 19.9. The van der Waals surface area contributed by atoms with E-state index in [1.165, 1.54) is 0 Å². The molecule has 0 spiro atoms. The van der Waals surface area contributed by atoms with Crippen molar-refractivity contribution in [3.63, 3.8) is 0 Å². The monoisotopic (exact) mass is 375 g/mol. The molecule has 2 heterocycles. The molecule has 5 nitrogen and oxygen atoms in total. The third kappa shape index (κ3) is 3.71. The lowest BCUT2D eigenvalue weighted by Gasteiger charge is -2.20. The van der Waals surface area contributed by atoms with Gasteiger partial charge in [0.25, 0.3) is 5.91 Å². The number of aliphatic hydroxyl groups is 1. The molecule has 1 aliphatic rings. The van der Waals surface area contributed by atoms with Crippen LogP contribution >= 0.6 is 0 Å². The zero-order chi connectivity index (χ0) is 19.5. The van der Waals surface area contributed by atoms with Crippen LogP contribution < -0.4 is 0 Å². The van der Waals surface area contributed by atoms with Gasteiger partial charge in [-0.25, -0.2) is 0 Å². The number of fused-ring (bicyclic) bond motifs is 1. The van der Waals surface area contributed by atoms with E-state index in [1.807, 2.05) is 65.0 Å². The van der Waals surface area contributed by atoms with Gasteiger partial charge < -0.3 is 10.0 Å². The smallest absolute Gasteiger partial charge is 0.254 e. The fourth-order valence-corrected chi connectivity index (χ4v) is 3.65. The van der Waals surface area contributed by atoms with Crippen molar-refractivity contribution in [3.8, 4) is 11.1 Å². The lowest BCUT2D eigenvalue weighted by molar-refractivity contribution is 0.0745. The van der Waals surface area contributed by atoms with Gasteiger partial charge in [-0.3, -0.25) is 9.48 Å². The summed E-state index contributed by atoms with van der Waals surface area (Å²) >= 11 is 0. The third-order valence-corrected chi connectivity index (χ3v) is 5.29. The molecular weight excluding hydrogens is 350 g/mol. The van der Waals surface area contributed by atoms with Crippen LogP contribution in [0.15, 0.2) is 60.7 Å². The molecule has 0 bridgehead atoms. The summed E-state index contributed by atoms with van der Waals surface area (Å²) in [6.07, 6.45) is 0.936. The molecule has 4 rings (SSSR count). The van der Waals surface area contributed by atoms with Crippen molar-refractivity contribution < 1.29 is 9.90 Å². The van der Waals surface area contributed by atoms with Gasteiger partial charge in [-0.1, -0.05) is 49.4 Å². The van der Waals surface area contributed by atoms with Gasteiger partial charge in [0.15, 0.2) is 0 Å². The highest BCUT2D eigenvalue weighted by atomic mass is 16.3. The van der Waals surface area contributed by atoms with E-state index in [-0.39, 0.29) is 5.91 Å². The van der Waals surface area contributed by atoms with E-state index in [0.717, 1.165) is 29.8 Å². The molecule has 0 saturated carbocycles. The molecule has 0 saturated heterocycles. The Morgan fingerprint density at radius 2 is 1.79 bits per heavy atom. The normalized spacial score (nSPS) is 15.0. The number of aryl methyl sites for hydroxylation is 1. The number of amides is 1. The standard InChI is InChI=1S/C23H25N3O2/c1-2-22(27)21-15-20-16-25(13-6-14-26(20)24-21)23(28)19-11-9-18(10-12-19)17-7-4-3-5-8-17/h3-5,7-12,15,22,27H,2,6,13-14,16H2,1H3/t22-/m1/s1. The zero-order valence-corrected chi connectivity index (χ0v) is 16.1. The van der Waals surface area contributed by atoms with Crippen LogP contribution in [-0.4, -0.2) is 32.2 Å². The maximum atomic E-state index is 13.1. The second-order valence-corrected chi connectivity index (χ2v) is 7.23. The molecule has 0 unspecified atom stereocenters. The van der Waals surface area contributed by atoms with Crippen molar-refractivity contribution in [1.29, 1.82) is 0 Å². The molecule has 28 heavy (non-hydrogen) atoms. The molecule has 1 amide bonds. The minimum atomic E-state index is -0.547. The summed E-state index contributed by atoms with van der Waals surface area (Å²) in [7, 11) is 0. The summed E-state index contributed by atoms with van der Waals surface area (Å²) in [5.74, 6) is 0.0341. The minimum absolute atomic E-state index is 0.0341. The second-order valence-electron chi connectivity index (χ2n) is 7.23. The van der Waals surface area contributed by atoms with Crippen molar-refractivity contribution >= 4 is 5.91 Å². The van der Waals surface area contributed by atoms with Crippen LogP contribution in [0.3, 0.4) is 0 Å². The molecular formula is C23H25N3O2. The van der Waals surface area contributed by atoms with Gasteiger partial charge >= 0.3 is 0 Å². The predicted molar refractivity (Wildman–Crippen MR) is 109 cm³/mol. The van der Waals surface area contributed by atoms with Crippen LogP contribution in [0.4, 0.5) is 0 Å². The molecule has 1 N–H and O–H groups in total. The number of carbonyl (C=O) groups is 1. The molecule has 0 aliphatic carbocycles. The molecule has 0 radical (unpaired) electrons. The summed E-state index contributed by atoms with van der Waals surface area (Å²) in [5, 5.41) is 14.6. The van der Waals surface area contributed by atoms with Crippen LogP contribution in [-0.2, 0) is 13.1 Å². The number of aromatic nitrogens is 2. The summed E-state index contributed by atoms with van der Waals surface area (Å²) in [5.41, 5.74) is 4.61. The zero-order valence-electron chi connectivity index (χ0n) is 16.1. The molecule has 144 valence electrons. The first-order valence-corrected chi connectivity index (χ1v) is 9.85. The molecule has 2 aromatic carbocycles. The Morgan fingerprint density at radius 3 is 2.50 bits per heavy atom. The van der Waals surface area contributed by atoms with Crippen molar-refractivity contribution in [2.24, 2.45) is 0 Å². The predicted octanol–water partition coefficient (Wildman–Crippen LogP) is 4.04. The number of hydrogen-bond acceptors (Lipinski definition) is 3. The van der Waals surface area contributed by atoms with Crippen LogP contribution in [0.1, 0.15) is 47.6 Å². The van der Waals surface area contributed by atoms with Crippen molar-refractivity contribution in [2.75, 3.05) is 6.54 Å². The van der Waals surface area contributed by atoms with Crippen molar-refractivity contribution in [2.45, 2.75) is 39.0 Å². The largest absolute Gasteiger partial charge is 0.387 e. The van der Waals surface area contributed by atoms with Crippen molar-refractivity contribution in [1.82, 2.24) is 14.7 Å². The SMILES string of the molecule is CC[C@@H](O)c1cc2n(n1)CCCN(C(=O)c1ccc(-c3ccccc3)cc1)C2. The van der Waals surface area contributed by atoms with Crippen LogP contribution in [0, 0.1) is 0 Å². The first-order chi connectivity index (χ1) is 13.7. The maximum Gasteiger partial charge on any atom is 0.254 e. The first kappa shape index (κ1) is 18.4. The first-order valence-electron chi connectivity index (χ1n) is 9.85. The van der Waals surface area contributed by atoms with Crippen LogP contribution in [0.2, 0.25) is 0 Å².